The van der Waals surface area contributed by atoms with Crippen LogP contribution in [0.25, 0.3) is 0 Å². The van der Waals surface area contributed by atoms with Gasteiger partial charge in [0.15, 0.2) is 0 Å². The van der Waals surface area contributed by atoms with Crippen molar-refractivity contribution in [2.75, 3.05) is 31.1 Å². The van der Waals surface area contributed by atoms with E-state index >= 15 is 0 Å². The van der Waals surface area contributed by atoms with Crippen LogP contribution in [0.2, 0.25) is 0 Å². The summed E-state index contributed by atoms with van der Waals surface area (Å²) in [6.45, 7) is 7.57. The molecule has 23 heavy (non-hydrogen) atoms. The Kier molecular flexibility index (Phi) is 4.65. The molecule has 0 bridgehead atoms. The van der Waals surface area contributed by atoms with E-state index in [4.69, 9.17) is 0 Å². The van der Waals surface area contributed by atoms with Gasteiger partial charge in [0.05, 0.1) is 0 Å². The van der Waals surface area contributed by atoms with E-state index in [9.17, 15) is 4.79 Å². The molecule has 3 nitrogen and oxygen atoms in total. The molecule has 3 rings (SSSR count). The summed E-state index contributed by atoms with van der Waals surface area (Å²) >= 11 is 0. The number of piperazine rings is 1. The van der Waals surface area contributed by atoms with Gasteiger partial charge in [-0.15, -0.1) is 0 Å². The Morgan fingerprint density at radius 3 is 2.09 bits per heavy atom. The quantitative estimate of drug-likeness (QED) is 0.866. The summed E-state index contributed by atoms with van der Waals surface area (Å²) in [7, 11) is 0. The highest BCUT2D eigenvalue weighted by Gasteiger charge is 2.22. The van der Waals surface area contributed by atoms with Crippen molar-refractivity contribution < 1.29 is 4.79 Å². The van der Waals surface area contributed by atoms with Crippen LogP contribution < -0.4 is 4.90 Å². The van der Waals surface area contributed by atoms with Gasteiger partial charge in [-0.25, -0.2) is 0 Å². The Morgan fingerprint density at radius 1 is 0.913 bits per heavy atom. The third-order valence-electron chi connectivity index (χ3n) is 4.58. The van der Waals surface area contributed by atoms with Crippen LogP contribution >= 0.6 is 0 Å². The molecule has 0 N–H and O–H groups in total. The monoisotopic (exact) mass is 308 g/mol. The Bertz CT molecular complexity index is 653. The number of aryl methyl sites for hydroxylation is 2. The largest absolute Gasteiger partial charge is 0.368 e. The zero-order valence-corrected chi connectivity index (χ0v) is 14.0. The van der Waals surface area contributed by atoms with E-state index in [0.29, 0.717) is 0 Å². The lowest BCUT2D eigenvalue weighted by molar-refractivity contribution is 0.0747. The van der Waals surface area contributed by atoms with Gasteiger partial charge in [0.25, 0.3) is 5.91 Å². The Morgan fingerprint density at radius 2 is 1.52 bits per heavy atom. The molecule has 0 aromatic heterocycles. The lowest BCUT2D eigenvalue weighted by Gasteiger charge is -2.36. The number of benzene rings is 2. The molecule has 0 radical (unpaired) electrons. The van der Waals surface area contributed by atoms with Gasteiger partial charge in [0, 0.05) is 37.4 Å². The smallest absolute Gasteiger partial charge is 0.253 e. The second-order valence-electron chi connectivity index (χ2n) is 6.17. The minimum atomic E-state index is 0.149. The van der Waals surface area contributed by atoms with Crippen molar-refractivity contribution in [2.45, 2.75) is 20.3 Å². The van der Waals surface area contributed by atoms with Crippen molar-refractivity contribution in [2.24, 2.45) is 0 Å². The van der Waals surface area contributed by atoms with Crippen LogP contribution in [0.5, 0.6) is 0 Å². The summed E-state index contributed by atoms with van der Waals surface area (Å²) in [5.41, 5.74) is 4.59. The molecule has 3 heteroatoms. The Balaban J connectivity index is 1.61. The Hall–Kier alpha value is -2.29. The van der Waals surface area contributed by atoms with Crippen LogP contribution in [0.3, 0.4) is 0 Å². The van der Waals surface area contributed by atoms with Crippen LogP contribution in [0, 0.1) is 6.92 Å². The normalized spacial score (nSPS) is 14.9. The maximum atomic E-state index is 12.6. The topological polar surface area (TPSA) is 23.6 Å². The number of hydrogen-bond donors (Lipinski definition) is 0. The van der Waals surface area contributed by atoms with Crippen LogP contribution in [0.4, 0.5) is 5.69 Å². The van der Waals surface area contributed by atoms with Crippen LogP contribution in [0.15, 0.2) is 48.5 Å². The van der Waals surface area contributed by atoms with E-state index in [-0.39, 0.29) is 5.91 Å². The number of carbonyl (C=O) groups is 1. The van der Waals surface area contributed by atoms with Crippen LogP contribution in [-0.4, -0.2) is 37.0 Å². The molecule has 2 aromatic carbocycles. The van der Waals surface area contributed by atoms with Crippen LogP contribution in [-0.2, 0) is 6.42 Å². The highest BCUT2D eigenvalue weighted by atomic mass is 16.2. The summed E-state index contributed by atoms with van der Waals surface area (Å²) in [6, 6.07) is 16.6. The van der Waals surface area contributed by atoms with E-state index in [2.05, 4.69) is 55.1 Å². The van der Waals surface area contributed by atoms with Gasteiger partial charge in [0.2, 0.25) is 0 Å². The minimum absolute atomic E-state index is 0.149. The first-order chi connectivity index (χ1) is 11.2. The molecule has 1 aliphatic rings. The van der Waals surface area contributed by atoms with Gasteiger partial charge in [-0.3, -0.25) is 4.79 Å². The van der Waals surface area contributed by atoms with Crippen molar-refractivity contribution in [3.8, 4) is 0 Å². The molecule has 0 saturated carbocycles. The second kappa shape index (κ2) is 6.86. The number of nitrogens with zero attached hydrogens (tertiary/aromatic N) is 2. The van der Waals surface area contributed by atoms with Crippen molar-refractivity contribution in [3.05, 3.63) is 65.2 Å². The highest BCUT2D eigenvalue weighted by Crippen LogP contribution is 2.18. The Labute approximate surface area is 138 Å². The first kappa shape index (κ1) is 15.6. The standard InChI is InChI=1S/C20H24N2O/c1-3-17-6-8-18(9-7-17)20(23)22-14-12-21(13-15-22)19-10-4-16(2)5-11-19/h4-11H,3,12-15H2,1-2H3. The predicted octanol–water partition coefficient (Wildman–Crippen LogP) is 3.52. The molecule has 1 heterocycles. The number of rotatable bonds is 3. The summed E-state index contributed by atoms with van der Waals surface area (Å²) in [5.74, 6) is 0.149. The zero-order valence-electron chi connectivity index (χ0n) is 14.0. The zero-order chi connectivity index (χ0) is 16.2. The van der Waals surface area contributed by atoms with Gasteiger partial charge >= 0.3 is 0 Å². The molecule has 2 aromatic rings. The predicted molar refractivity (Wildman–Crippen MR) is 95.1 cm³/mol. The molecule has 0 unspecified atom stereocenters. The molecule has 120 valence electrons. The third kappa shape index (κ3) is 3.55. The van der Waals surface area contributed by atoms with Crippen molar-refractivity contribution >= 4 is 11.6 Å². The maximum Gasteiger partial charge on any atom is 0.253 e. The van der Waals surface area contributed by atoms with E-state index in [0.717, 1.165) is 38.2 Å². The van der Waals surface area contributed by atoms with Gasteiger partial charge in [0.1, 0.15) is 0 Å². The number of amides is 1. The van der Waals surface area contributed by atoms with Crippen LogP contribution in [0.1, 0.15) is 28.4 Å². The maximum absolute atomic E-state index is 12.6. The molecule has 0 spiro atoms. The number of hydrogen-bond acceptors (Lipinski definition) is 2. The number of carbonyl (C=O) groups excluding carboxylic acids is 1. The fourth-order valence-corrected chi connectivity index (χ4v) is 2.99. The van der Waals surface area contributed by atoms with Gasteiger partial charge in [-0.1, -0.05) is 36.8 Å². The van der Waals surface area contributed by atoms with Crippen molar-refractivity contribution in [3.63, 3.8) is 0 Å². The number of anilines is 1. The van der Waals surface area contributed by atoms with Gasteiger partial charge in [-0.2, -0.15) is 0 Å². The first-order valence-electron chi connectivity index (χ1n) is 8.37. The molecular weight excluding hydrogens is 284 g/mol. The summed E-state index contributed by atoms with van der Waals surface area (Å²) in [6.07, 6.45) is 1.00. The summed E-state index contributed by atoms with van der Waals surface area (Å²) in [4.78, 5) is 16.9. The molecule has 1 saturated heterocycles. The van der Waals surface area contributed by atoms with Gasteiger partial charge < -0.3 is 9.80 Å². The second-order valence-corrected chi connectivity index (χ2v) is 6.17. The molecule has 1 aliphatic heterocycles. The molecule has 0 atom stereocenters. The molecular formula is C20H24N2O. The first-order valence-corrected chi connectivity index (χ1v) is 8.37. The van der Waals surface area contributed by atoms with Crippen molar-refractivity contribution in [1.82, 2.24) is 4.90 Å². The minimum Gasteiger partial charge on any atom is -0.368 e. The van der Waals surface area contributed by atoms with E-state index in [1.54, 1.807) is 0 Å². The van der Waals surface area contributed by atoms with E-state index in [1.807, 2.05) is 17.0 Å². The molecule has 0 aliphatic carbocycles. The lowest BCUT2D eigenvalue weighted by atomic mass is 10.1. The average molecular weight is 308 g/mol. The fourth-order valence-electron chi connectivity index (χ4n) is 2.99. The summed E-state index contributed by atoms with van der Waals surface area (Å²) < 4.78 is 0. The lowest BCUT2D eigenvalue weighted by Crippen LogP contribution is -2.48. The SMILES string of the molecule is CCc1ccc(C(=O)N2CCN(c3ccc(C)cc3)CC2)cc1. The summed E-state index contributed by atoms with van der Waals surface area (Å²) in [5, 5.41) is 0. The van der Waals surface area contributed by atoms with Crippen molar-refractivity contribution in [1.29, 1.82) is 0 Å². The molecule has 1 fully saturated rings. The van der Waals surface area contributed by atoms with E-state index in [1.165, 1.54) is 16.8 Å². The highest BCUT2D eigenvalue weighted by molar-refractivity contribution is 5.94. The van der Waals surface area contributed by atoms with E-state index < -0.39 is 0 Å². The average Bonchev–Trinajstić information content (AvgIpc) is 2.62. The molecule has 1 amide bonds. The third-order valence-corrected chi connectivity index (χ3v) is 4.58. The fraction of sp³-hybridized carbons (Fsp3) is 0.350. The van der Waals surface area contributed by atoms with Gasteiger partial charge in [-0.05, 0) is 43.2 Å².